The number of rotatable bonds is 4. The van der Waals surface area contributed by atoms with Crippen LogP contribution in [0.2, 0.25) is 0 Å². The van der Waals surface area contributed by atoms with Gasteiger partial charge in [-0.1, -0.05) is 18.2 Å². The van der Waals surface area contributed by atoms with Crippen molar-refractivity contribution in [3.05, 3.63) is 34.9 Å². The Balaban J connectivity index is 2.80. The van der Waals surface area contributed by atoms with Crippen LogP contribution in [0.25, 0.3) is 0 Å². The van der Waals surface area contributed by atoms with Crippen molar-refractivity contribution in [2.24, 2.45) is 5.73 Å². The first-order valence-corrected chi connectivity index (χ1v) is 4.92. The maximum absolute atomic E-state index is 11.4. The van der Waals surface area contributed by atoms with E-state index >= 15 is 0 Å². The predicted octanol–water partition coefficient (Wildman–Crippen LogP) is 1.76. The zero-order valence-corrected chi connectivity index (χ0v) is 8.84. The molecule has 2 nitrogen and oxygen atoms in total. The minimum absolute atomic E-state index is 0.227. The molecule has 1 aromatic rings. The van der Waals surface area contributed by atoms with Gasteiger partial charge < -0.3 is 5.73 Å². The molecule has 0 heterocycles. The van der Waals surface area contributed by atoms with Crippen molar-refractivity contribution in [2.45, 2.75) is 26.7 Å². The largest absolute Gasteiger partial charge is 0.330 e. The van der Waals surface area contributed by atoms with Gasteiger partial charge in [-0.2, -0.15) is 0 Å². The molecule has 0 bridgehead atoms. The Hall–Kier alpha value is -1.15. The summed E-state index contributed by atoms with van der Waals surface area (Å²) in [5.74, 6) is 0.227. The molecule has 0 radical (unpaired) electrons. The summed E-state index contributed by atoms with van der Waals surface area (Å²) in [4.78, 5) is 11.4. The van der Waals surface area contributed by atoms with Gasteiger partial charge in [0.1, 0.15) is 5.78 Å². The lowest BCUT2D eigenvalue weighted by Crippen LogP contribution is -2.11. The molecule has 0 aliphatic rings. The number of benzene rings is 1. The summed E-state index contributed by atoms with van der Waals surface area (Å²) in [7, 11) is 0. The van der Waals surface area contributed by atoms with E-state index in [0.29, 0.717) is 19.4 Å². The molecule has 0 fully saturated rings. The summed E-state index contributed by atoms with van der Waals surface area (Å²) >= 11 is 0. The van der Waals surface area contributed by atoms with Crippen LogP contribution in [0.15, 0.2) is 18.2 Å². The standard InChI is InChI=1S/C12H17NO/c1-9-4-3-5-10(2)12(9)8-11(14)6-7-13/h3-5H,6-8,13H2,1-2H3. The van der Waals surface area contributed by atoms with Gasteiger partial charge in [0.15, 0.2) is 0 Å². The lowest BCUT2D eigenvalue weighted by molar-refractivity contribution is -0.118. The molecule has 76 valence electrons. The van der Waals surface area contributed by atoms with Crippen molar-refractivity contribution in [1.29, 1.82) is 0 Å². The summed E-state index contributed by atoms with van der Waals surface area (Å²) in [6.07, 6.45) is 1.00. The molecule has 2 N–H and O–H groups in total. The number of nitrogens with two attached hydrogens (primary N) is 1. The van der Waals surface area contributed by atoms with Crippen molar-refractivity contribution < 1.29 is 4.79 Å². The van der Waals surface area contributed by atoms with Crippen molar-refractivity contribution in [3.63, 3.8) is 0 Å². The van der Waals surface area contributed by atoms with Gasteiger partial charge >= 0.3 is 0 Å². The fourth-order valence-electron chi connectivity index (χ4n) is 1.57. The lowest BCUT2D eigenvalue weighted by Gasteiger charge is -2.08. The smallest absolute Gasteiger partial charge is 0.138 e. The average molecular weight is 191 g/mol. The van der Waals surface area contributed by atoms with E-state index in [4.69, 9.17) is 5.73 Å². The molecule has 1 aromatic carbocycles. The molecule has 0 aromatic heterocycles. The summed E-state index contributed by atoms with van der Waals surface area (Å²) in [5.41, 5.74) is 8.88. The normalized spacial score (nSPS) is 10.2. The van der Waals surface area contributed by atoms with Crippen LogP contribution in [0, 0.1) is 13.8 Å². The van der Waals surface area contributed by atoms with E-state index in [1.807, 2.05) is 32.0 Å². The Kier molecular flexibility index (Phi) is 3.84. The van der Waals surface area contributed by atoms with Crippen LogP contribution in [-0.4, -0.2) is 12.3 Å². The van der Waals surface area contributed by atoms with E-state index in [9.17, 15) is 4.79 Å². The van der Waals surface area contributed by atoms with E-state index < -0.39 is 0 Å². The van der Waals surface area contributed by atoms with Crippen molar-refractivity contribution in [1.82, 2.24) is 0 Å². The summed E-state index contributed by atoms with van der Waals surface area (Å²) in [6.45, 7) is 4.53. The number of hydrogen-bond donors (Lipinski definition) is 1. The van der Waals surface area contributed by atoms with Crippen LogP contribution < -0.4 is 5.73 Å². The zero-order chi connectivity index (χ0) is 10.6. The maximum atomic E-state index is 11.4. The zero-order valence-electron chi connectivity index (χ0n) is 8.84. The highest BCUT2D eigenvalue weighted by Gasteiger charge is 2.07. The number of Topliss-reactive ketones (excluding diaryl/α,β-unsaturated/α-hetero) is 1. The second-order valence-corrected chi connectivity index (χ2v) is 3.62. The number of carbonyl (C=O) groups excluding carboxylic acids is 1. The Morgan fingerprint density at radius 1 is 1.29 bits per heavy atom. The summed E-state index contributed by atoms with van der Waals surface area (Å²) < 4.78 is 0. The van der Waals surface area contributed by atoms with Crippen LogP contribution in [0.1, 0.15) is 23.1 Å². The SMILES string of the molecule is Cc1cccc(C)c1CC(=O)CCN. The molecule has 14 heavy (non-hydrogen) atoms. The van der Waals surface area contributed by atoms with Crippen LogP contribution in [-0.2, 0) is 11.2 Å². The fraction of sp³-hybridized carbons (Fsp3) is 0.417. The van der Waals surface area contributed by atoms with Gasteiger partial charge in [-0.15, -0.1) is 0 Å². The van der Waals surface area contributed by atoms with Crippen LogP contribution in [0.5, 0.6) is 0 Å². The van der Waals surface area contributed by atoms with Gasteiger partial charge in [0.05, 0.1) is 0 Å². The Morgan fingerprint density at radius 2 is 1.86 bits per heavy atom. The fourth-order valence-corrected chi connectivity index (χ4v) is 1.57. The highest BCUT2D eigenvalue weighted by atomic mass is 16.1. The molecule has 0 aliphatic carbocycles. The monoisotopic (exact) mass is 191 g/mol. The molecule has 0 aliphatic heterocycles. The quantitative estimate of drug-likeness (QED) is 0.788. The Morgan fingerprint density at radius 3 is 2.36 bits per heavy atom. The molecule has 0 spiro atoms. The van der Waals surface area contributed by atoms with Gasteiger partial charge in [0, 0.05) is 12.8 Å². The van der Waals surface area contributed by atoms with Gasteiger partial charge in [-0.05, 0) is 37.1 Å². The Bertz CT molecular complexity index is 311. The lowest BCUT2D eigenvalue weighted by atomic mass is 9.97. The number of ketones is 1. The van der Waals surface area contributed by atoms with Gasteiger partial charge in [0.2, 0.25) is 0 Å². The molecular weight excluding hydrogens is 174 g/mol. The van der Waals surface area contributed by atoms with Crippen LogP contribution in [0.4, 0.5) is 0 Å². The summed E-state index contributed by atoms with van der Waals surface area (Å²) in [6, 6.07) is 6.09. The van der Waals surface area contributed by atoms with Crippen molar-refractivity contribution >= 4 is 5.78 Å². The molecule has 0 saturated heterocycles. The summed E-state index contributed by atoms with van der Waals surface area (Å²) in [5, 5.41) is 0. The van der Waals surface area contributed by atoms with E-state index in [1.165, 1.54) is 11.1 Å². The second-order valence-electron chi connectivity index (χ2n) is 3.62. The molecule has 0 amide bonds. The number of aryl methyl sites for hydroxylation is 2. The van der Waals surface area contributed by atoms with E-state index in [1.54, 1.807) is 0 Å². The number of carbonyl (C=O) groups is 1. The van der Waals surface area contributed by atoms with Gasteiger partial charge in [-0.3, -0.25) is 4.79 Å². The molecule has 1 rings (SSSR count). The van der Waals surface area contributed by atoms with E-state index in [2.05, 4.69) is 0 Å². The number of hydrogen-bond acceptors (Lipinski definition) is 2. The topological polar surface area (TPSA) is 43.1 Å². The third-order valence-corrected chi connectivity index (χ3v) is 2.44. The van der Waals surface area contributed by atoms with Crippen molar-refractivity contribution in [3.8, 4) is 0 Å². The van der Waals surface area contributed by atoms with Gasteiger partial charge in [0.25, 0.3) is 0 Å². The maximum Gasteiger partial charge on any atom is 0.138 e. The van der Waals surface area contributed by atoms with Crippen LogP contribution >= 0.6 is 0 Å². The molecule has 2 heteroatoms. The minimum atomic E-state index is 0.227. The highest BCUT2D eigenvalue weighted by molar-refractivity contribution is 5.81. The first-order valence-electron chi connectivity index (χ1n) is 4.92. The van der Waals surface area contributed by atoms with Crippen molar-refractivity contribution in [2.75, 3.05) is 6.54 Å². The van der Waals surface area contributed by atoms with E-state index in [0.717, 1.165) is 5.56 Å². The first kappa shape index (κ1) is 10.9. The third-order valence-electron chi connectivity index (χ3n) is 2.44. The van der Waals surface area contributed by atoms with E-state index in [-0.39, 0.29) is 5.78 Å². The van der Waals surface area contributed by atoms with Crippen LogP contribution in [0.3, 0.4) is 0 Å². The second kappa shape index (κ2) is 4.91. The minimum Gasteiger partial charge on any atom is -0.330 e. The molecule has 0 unspecified atom stereocenters. The molecular formula is C12H17NO. The Labute approximate surface area is 85.1 Å². The average Bonchev–Trinajstić information content (AvgIpc) is 2.12. The molecule has 0 saturated carbocycles. The third kappa shape index (κ3) is 2.67. The predicted molar refractivity (Wildman–Crippen MR) is 58.3 cm³/mol. The molecule has 0 atom stereocenters. The van der Waals surface area contributed by atoms with Gasteiger partial charge in [-0.25, -0.2) is 0 Å². The highest BCUT2D eigenvalue weighted by Crippen LogP contribution is 2.14. The first-order chi connectivity index (χ1) is 6.65.